The van der Waals surface area contributed by atoms with Crippen LogP contribution in [0.4, 0.5) is 0 Å². The standard InChI is InChI=1S/C13H16N2O/c14-13(11-5-2-1-3-6-11)10-15-9-12-7-4-8-16-12/h1-8,13,15H,9-10,14H2. The molecule has 1 aromatic carbocycles. The minimum atomic E-state index is 0.0242. The lowest BCUT2D eigenvalue weighted by Crippen LogP contribution is -2.26. The highest BCUT2D eigenvalue weighted by Gasteiger charge is 2.04. The molecule has 16 heavy (non-hydrogen) atoms. The van der Waals surface area contributed by atoms with Gasteiger partial charge in [0.15, 0.2) is 0 Å². The molecule has 0 aliphatic heterocycles. The van der Waals surface area contributed by atoms with E-state index < -0.39 is 0 Å². The van der Waals surface area contributed by atoms with Crippen LogP contribution in [-0.2, 0) is 6.54 Å². The number of furan rings is 1. The smallest absolute Gasteiger partial charge is 0.117 e. The molecular formula is C13H16N2O. The van der Waals surface area contributed by atoms with E-state index in [1.807, 2.05) is 42.5 Å². The van der Waals surface area contributed by atoms with E-state index in [9.17, 15) is 0 Å². The van der Waals surface area contributed by atoms with Crippen LogP contribution in [0, 0.1) is 0 Å². The lowest BCUT2D eigenvalue weighted by molar-refractivity contribution is 0.474. The average molecular weight is 216 g/mol. The Hall–Kier alpha value is -1.58. The van der Waals surface area contributed by atoms with Crippen LogP contribution in [0.3, 0.4) is 0 Å². The van der Waals surface area contributed by atoms with Crippen molar-refractivity contribution in [3.05, 3.63) is 60.1 Å². The van der Waals surface area contributed by atoms with E-state index in [0.717, 1.165) is 17.9 Å². The fourth-order valence-corrected chi connectivity index (χ4v) is 1.58. The van der Waals surface area contributed by atoms with Crippen LogP contribution in [-0.4, -0.2) is 6.54 Å². The van der Waals surface area contributed by atoms with E-state index in [4.69, 9.17) is 10.2 Å². The van der Waals surface area contributed by atoms with Crippen LogP contribution in [0.2, 0.25) is 0 Å². The topological polar surface area (TPSA) is 51.2 Å². The number of hydrogen-bond donors (Lipinski definition) is 2. The summed E-state index contributed by atoms with van der Waals surface area (Å²) in [5, 5.41) is 3.27. The number of benzene rings is 1. The highest BCUT2D eigenvalue weighted by atomic mass is 16.3. The molecular weight excluding hydrogens is 200 g/mol. The molecule has 0 aliphatic rings. The Morgan fingerprint density at radius 1 is 1.12 bits per heavy atom. The van der Waals surface area contributed by atoms with Crippen molar-refractivity contribution in [2.24, 2.45) is 5.73 Å². The van der Waals surface area contributed by atoms with Crippen molar-refractivity contribution in [1.82, 2.24) is 5.32 Å². The second-order valence-corrected chi connectivity index (χ2v) is 3.73. The summed E-state index contributed by atoms with van der Waals surface area (Å²) >= 11 is 0. The van der Waals surface area contributed by atoms with Crippen molar-refractivity contribution in [3.8, 4) is 0 Å². The molecule has 0 saturated carbocycles. The van der Waals surface area contributed by atoms with Crippen LogP contribution in [0.25, 0.3) is 0 Å². The van der Waals surface area contributed by atoms with Gasteiger partial charge in [-0.2, -0.15) is 0 Å². The Bertz CT molecular complexity index is 397. The molecule has 0 saturated heterocycles. The van der Waals surface area contributed by atoms with Gasteiger partial charge in [-0.3, -0.25) is 0 Å². The highest BCUT2D eigenvalue weighted by Crippen LogP contribution is 2.08. The van der Waals surface area contributed by atoms with Crippen molar-refractivity contribution in [2.45, 2.75) is 12.6 Å². The SMILES string of the molecule is NC(CNCc1ccco1)c1ccccc1. The molecule has 1 atom stereocenters. The summed E-state index contributed by atoms with van der Waals surface area (Å²) in [6.45, 7) is 1.46. The zero-order chi connectivity index (χ0) is 11.2. The van der Waals surface area contributed by atoms with Gasteiger partial charge in [0.25, 0.3) is 0 Å². The van der Waals surface area contributed by atoms with Gasteiger partial charge in [0, 0.05) is 12.6 Å². The fourth-order valence-electron chi connectivity index (χ4n) is 1.58. The first-order valence-corrected chi connectivity index (χ1v) is 5.40. The Labute approximate surface area is 95.3 Å². The predicted octanol–water partition coefficient (Wildman–Crippen LogP) is 2.07. The van der Waals surface area contributed by atoms with Crippen LogP contribution in [0.1, 0.15) is 17.4 Å². The van der Waals surface area contributed by atoms with Crippen LogP contribution in [0.15, 0.2) is 53.1 Å². The largest absolute Gasteiger partial charge is 0.468 e. The molecule has 3 heteroatoms. The van der Waals surface area contributed by atoms with Gasteiger partial charge in [-0.15, -0.1) is 0 Å². The Kier molecular flexibility index (Phi) is 3.75. The monoisotopic (exact) mass is 216 g/mol. The van der Waals surface area contributed by atoms with Crippen molar-refractivity contribution in [1.29, 1.82) is 0 Å². The average Bonchev–Trinajstić information content (AvgIpc) is 2.83. The minimum Gasteiger partial charge on any atom is -0.468 e. The third kappa shape index (κ3) is 2.95. The second kappa shape index (κ2) is 5.49. The lowest BCUT2D eigenvalue weighted by atomic mass is 10.1. The molecule has 0 radical (unpaired) electrons. The van der Waals surface area contributed by atoms with E-state index in [-0.39, 0.29) is 6.04 Å². The summed E-state index contributed by atoms with van der Waals surface area (Å²) in [5.41, 5.74) is 7.19. The van der Waals surface area contributed by atoms with E-state index in [2.05, 4.69) is 5.32 Å². The molecule has 3 N–H and O–H groups in total. The predicted molar refractivity (Wildman–Crippen MR) is 63.8 cm³/mol. The van der Waals surface area contributed by atoms with E-state index in [1.165, 1.54) is 0 Å². The van der Waals surface area contributed by atoms with E-state index >= 15 is 0 Å². The van der Waals surface area contributed by atoms with Gasteiger partial charge in [-0.1, -0.05) is 30.3 Å². The Morgan fingerprint density at radius 3 is 2.62 bits per heavy atom. The Morgan fingerprint density at radius 2 is 1.94 bits per heavy atom. The van der Waals surface area contributed by atoms with Crippen molar-refractivity contribution in [2.75, 3.05) is 6.54 Å². The molecule has 0 fully saturated rings. The van der Waals surface area contributed by atoms with Gasteiger partial charge in [-0.25, -0.2) is 0 Å². The summed E-state index contributed by atoms with van der Waals surface area (Å²) in [5.74, 6) is 0.931. The first kappa shape index (κ1) is 10.9. The van der Waals surface area contributed by atoms with Crippen LogP contribution >= 0.6 is 0 Å². The molecule has 0 amide bonds. The maximum Gasteiger partial charge on any atom is 0.117 e. The van der Waals surface area contributed by atoms with E-state index in [0.29, 0.717) is 6.54 Å². The van der Waals surface area contributed by atoms with Gasteiger partial charge in [-0.05, 0) is 17.7 Å². The molecule has 0 aliphatic carbocycles. The first-order valence-electron chi connectivity index (χ1n) is 5.40. The number of hydrogen-bond acceptors (Lipinski definition) is 3. The lowest BCUT2D eigenvalue weighted by Gasteiger charge is -2.12. The van der Waals surface area contributed by atoms with Gasteiger partial charge in [0.1, 0.15) is 5.76 Å². The highest BCUT2D eigenvalue weighted by molar-refractivity contribution is 5.18. The third-order valence-corrected chi connectivity index (χ3v) is 2.47. The van der Waals surface area contributed by atoms with Crippen molar-refractivity contribution in [3.63, 3.8) is 0 Å². The minimum absolute atomic E-state index is 0.0242. The van der Waals surface area contributed by atoms with E-state index in [1.54, 1.807) is 6.26 Å². The summed E-state index contributed by atoms with van der Waals surface area (Å²) < 4.78 is 5.22. The summed E-state index contributed by atoms with van der Waals surface area (Å²) in [6.07, 6.45) is 1.67. The van der Waals surface area contributed by atoms with Gasteiger partial charge < -0.3 is 15.5 Å². The maximum absolute atomic E-state index is 6.04. The summed E-state index contributed by atoms with van der Waals surface area (Å²) in [6, 6.07) is 13.9. The quantitative estimate of drug-likeness (QED) is 0.804. The third-order valence-electron chi connectivity index (χ3n) is 2.47. The zero-order valence-corrected chi connectivity index (χ0v) is 9.10. The Balaban J connectivity index is 1.78. The van der Waals surface area contributed by atoms with Crippen molar-refractivity contribution >= 4 is 0 Å². The number of nitrogens with two attached hydrogens (primary N) is 1. The second-order valence-electron chi connectivity index (χ2n) is 3.73. The molecule has 1 unspecified atom stereocenters. The van der Waals surface area contributed by atoms with Gasteiger partial charge >= 0.3 is 0 Å². The van der Waals surface area contributed by atoms with Crippen LogP contribution < -0.4 is 11.1 Å². The maximum atomic E-state index is 6.04. The number of rotatable bonds is 5. The normalized spacial score (nSPS) is 12.6. The zero-order valence-electron chi connectivity index (χ0n) is 9.10. The summed E-state index contributed by atoms with van der Waals surface area (Å²) in [4.78, 5) is 0. The van der Waals surface area contributed by atoms with Crippen LogP contribution in [0.5, 0.6) is 0 Å². The van der Waals surface area contributed by atoms with Crippen molar-refractivity contribution < 1.29 is 4.42 Å². The molecule has 0 bridgehead atoms. The molecule has 3 nitrogen and oxygen atoms in total. The van der Waals surface area contributed by atoms with Gasteiger partial charge in [0.2, 0.25) is 0 Å². The molecule has 2 rings (SSSR count). The molecule has 2 aromatic rings. The fraction of sp³-hybridized carbons (Fsp3) is 0.231. The van der Waals surface area contributed by atoms with Gasteiger partial charge in [0.05, 0.1) is 12.8 Å². The molecule has 1 aromatic heterocycles. The number of nitrogens with one attached hydrogen (secondary N) is 1. The first-order chi connectivity index (χ1) is 7.86. The summed E-state index contributed by atoms with van der Waals surface area (Å²) in [7, 11) is 0. The molecule has 1 heterocycles. The molecule has 0 spiro atoms. The molecule has 84 valence electrons.